The quantitative estimate of drug-likeness (QED) is 0.0893. The number of benzene rings is 3. The molecule has 6 rings (SSSR count). The molecule has 1 radical (unpaired) electrons. The van der Waals surface area contributed by atoms with E-state index in [4.69, 9.17) is 9.40 Å². The third kappa shape index (κ3) is 8.09. The van der Waals surface area contributed by atoms with Gasteiger partial charge in [0, 0.05) is 69.9 Å². The van der Waals surface area contributed by atoms with E-state index in [0.717, 1.165) is 64.6 Å². The maximum atomic E-state index is 12.2. The maximum absolute atomic E-state index is 12.2. The topological polar surface area (TPSA) is 63.3 Å². The van der Waals surface area contributed by atoms with E-state index in [1.165, 1.54) is 32.7 Å². The Morgan fingerprint density at radius 3 is 2.22 bits per heavy atom. The maximum Gasteiger partial charge on any atom is 0.164 e. The van der Waals surface area contributed by atoms with Gasteiger partial charge in [-0.15, -0.1) is 40.5 Å². The van der Waals surface area contributed by atoms with E-state index in [0.29, 0.717) is 0 Å². The standard InChI is InChI=1S/C30H24NOS.C15H28O2.Ir/c1-18-17-33-26-11-7-10-23(27(18)26)25-16-20-12-13-31-28(29(20)32-25)21-14-19-8-5-6-9-22(19)24(15-21)30(2,3)4;1-7-14(5,8-2)12(16)11-13(17)15(6,9-3)10-4;/h5-13,15-17H,1-4H3;11,16H,7-10H2,1-6H3;/q-1;;/b;12-11-;. The van der Waals surface area contributed by atoms with Crippen molar-refractivity contribution in [1.82, 2.24) is 4.98 Å². The summed E-state index contributed by atoms with van der Waals surface area (Å²) in [4.78, 5) is 16.9. The van der Waals surface area contributed by atoms with E-state index in [1.54, 1.807) is 11.3 Å². The fourth-order valence-corrected chi connectivity index (χ4v) is 7.37. The SMILES string of the molecule is CCC(C)(CC)C(=O)/C=C(\O)C(C)(CC)CC.Cc1csc2cccc(-c3cc4ccnc(-c5[c-]c6ccccc6c(C(C)(C)C)c5)c4o3)c12.[Ir]. The monoisotopic (exact) mass is 879 g/mol. The van der Waals surface area contributed by atoms with Gasteiger partial charge < -0.3 is 9.52 Å². The molecule has 1 N–H and O–H groups in total. The van der Waals surface area contributed by atoms with Crippen LogP contribution in [-0.2, 0) is 30.3 Å². The molecule has 0 atom stereocenters. The van der Waals surface area contributed by atoms with Gasteiger partial charge in [-0.1, -0.05) is 104 Å². The average molecular weight is 879 g/mol. The van der Waals surface area contributed by atoms with Crippen molar-refractivity contribution in [1.29, 1.82) is 0 Å². The number of thiophene rings is 1. The number of aryl methyl sites for hydroxylation is 1. The van der Waals surface area contributed by atoms with Crippen LogP contribution in [0.5, 0.6) is 0 Å². The molecule has 0 aliphatic carbocycles. The van der Waals surface area contributed by atoms with Gasteiger partial charge in [-0.25, -0.2) is 0 Å². The molecular formula is C45H52IrNO3S-. The summed E-state index contributed by atoms with van der Waals surface area (Å²) < 4.78 is 7.81. The smallest absolute Gasteiger partial charge is 0.164 e. The number of carbonyl (C=O) groups is 1. The van der Waals surface area contributed by atoms with Crippen molar-refractivity contribution in [3.8, 4) is 22.6 Å². The second kappa shape index (κ2) is 16.0. The van der Waals surface area contributed by atoms with Crippen LogP contribution >= 0.6 is 11.3 Å². The fourth-order valence-electron chi connectivity index (χ4n) is 6.40. The molecule has 3 heterocycles. The van der Waals surface area contributed by atoms with Crippen LogP contribution in [0.3, 0.4) is 0 Å². The van der Waals surface area contributed by atoms with Crippen molar-refractivity contribution >= 4 is 48.9 Å². The molecule has 0 fully saturated rings. The number of ketones is 1. The molecular weight excluding hydrogens is 827 g/mol. The molecule has 0 saturated heterocycles. The van der Waals surface area contributed by atoms with Crippen LogP contribution in [-0.4, -0.2) is 15.9 Å². The first kappa shape index (κ1) is 40.2. The molecule has 51 heavy (non-hydrogen) atoms. The Kier molecular flexibility index (Phi) is 12.6. The zero-order valence-corrected chi connectivity index (χ0v) is 35.0. The first-order chi connectivity index (χ1) is 23.7. The third-order valence-electron chi connectivity index (χ3n) is 10.9. The zero-order chi connectivity index (χ0) is 36.4. The van der Waals surface area contributed by atoms with Crippen LogP contribution in [0.25, 0.3) is 54.4 Å². The van der Waals surface area contributed by atoms with Crippen molar-refractivity contribution in [3.63, 3.8) is 0 Å². The molecule has 0 spiro atoms. The number of aliphatic hydroxyl groups excluding tert-OH is 1. The Hall–Kier alpha value is -3.57. The van der Waals surface area contributed by atoms with Gasteiger partial charge in [0.25, 0.3) is 0 Å². The number of hydrogen-bond donors (Lipinski definition) is 1. The van der Waals surface area contributed by atoms with Gasteiger partial charge in [0.05, 0.1) is 0 Å². The minimum Gasteiger partial charge on any atom is -0.512 e. The number of hydrogen-bond acceptors (Lipinski definition) is 5. The van der Waals surface area contributed by atoms with Crippen LogP contribution in [0, 0.1) is 23.8 Å². The minimum absolute atomic E-state index is 0. The zero-order valence-electron chi connectivity index (χ0n) is 31.8. The number of aliphatic hydroxyl groups is 1. The molecule has 0 bridgehead atoms. The van der Waals surface area contributed by atoms with Crippen LogP contribution in [0.4, 0.5) is 0 Å². The summed E-state index contributed by atoms with van der Waals surface area (Å²) in [6.07, 6.45) is 6.62. The fraction of sp³-hybridized carbons (Fsp3) is 0.378. The summed E-state index contributed by atoms with van der Waals surface area (Å²) in [5.41, 5.74) is 5.71. The Morgan fingerprint density at radius 1 is 0.902 bits per heavy atom. The van der Waals surface area contributed by atoms with Gasteiger partial charge in [0.1, 0.15) is 17.1 Å². The first-order valence-electron chi connectivity index (χ1n) is 18.0. The van der Waals surface area contributed by atoms with Crippen molar-refractivity contribution in [2.24, 2.45) is 10.8 Å². The van der Waals surface area contributed by atoms with E-state index < -0.39 is 0 Å². The molecule has 6 heteroatoms. The summed E-state index contributed by atoms with van der Waals surface area (Å²) >= 11 is 1.78. The molecule has 4 nitrogen and oxygen atoms in total. The van der Waals surface area contributed by atoms with E-state index >= 15 is 0 Å². The number of fused-ring (bicyclic) bond motifs is 3. The molecule has 271 valence electrons. The molecule has 6 aromatic rings. The summed E-state index contributed by atoms with van der Waals surface area (Å²) in [6.45, 7) is 21.0. The molecule has 0 aliphatic heterocycles. The Bertz CT molecular complexity index is 2170. The number of rotatable bonds is 9. The van der Waals surface area contributed by atoms with Gasteiger partial charge in [-0.05, 0) is 67.2 Å². The Labute approximate surface area is 321 Å². The molecule has 0 saturated carbocycles. The van der Waals surface area contributed by atoms with Crippen LogP contribution in [0.1, 0.15) is 99.1 Å². The van der Waals surface area contributed by atoms with Crippen LogP contribution in [0.2, 0.25) is 0 Å². The summed E-state index contributed by atoms with van der Waals surface area (Å²) in [5.74, 6) is 1.16. The Balaban J connectivity index is 0.000000279. The second-order valence-corrected chi connectivity index (χ2v) is 16.0. The third-order valence-corrected chi connectivity index (χ3v) is 12.0. The van der Waals surface area contributed by atoms with Crippen LogP contribution < -0.4 is 0 Å². The molecule has 0 unspecified atom stereocenters. The van der Waals surface area contributed by atoms with E-state index in [9.17, 15) is 9.90 Å². The predicted octanol–water partition coefficient (Wildman–Crippen LogP) is 13.6. The van der Waals surface area contributed by atoms with E-state index in [-0.39, 0.29) is 47.9 Å². The number of aromatic nitrogens is 1. The van der Waals surface area contributed by atoms with Crippen molar-refractivity contribution in [3.05, 3.63) is 101 Å². The van der Waals surface area contributed by atoms with Gasteiger partial charge in [0.15, 0.2) is 5.78 Å². The van der Waals surface area contributed by atoms with E-state index in [1.807, 2.05) is 53.8 Å². The number of allylic oxidation sites excluding steroid dienone is 2. The minimum atomic E-state index is -0.337. The molecule has 0 amide bonds. The number of nitrogens with zero attached hydrogens (tertiary/aromatic N) is 1. The normalized spacial score (nSPS) is 12.5. The summed E-state index contributed by atoms with van der Waals surface area (Å²) in [7, 11) is 0. The van der Waals surface area contributed by atoms with Crippen molar-refractivity contribution < 1.29 is 34.4 Å². The summed E-state index contributed by atoms with van der Waals surface area (Å²) in [6, 6.07) is 24.9. The second-order valence-electron chi connectivity index (χ2n) is 15.1. The van der Waals surface area contributed by atoms with Gasteiger partial charge in [-0.3, -0.25) is 9.78 Å². The average Bonchev–Trinajstić information content (AvgIpc) is 3.73. The van der Waals surface area contributed by atoms with E-state index in [2.05, 4.69) is 93.7 Å². The van der Waals surface area contributed by atoms with Crippen molar-refractivity contribution in [2.75, 3.05) is 0 Å². The number of carbonyl (C=O) groups excluding carboxylic acids is 1. The first-order valence-corrected chi connectivity index (χ1v) is 18.8. The predicted molar refractivity (Wildman–Crippen MR) is 213 cm³/mol. The van der Waals surface area contributed by atoms with Gasteiger partial charge in [0.2, 0.25) is 0 Å². The van der Waals surface area contributed by atoms with Crippen molar-refractivity contribution in [2.45, 2.75) is 100 Å². The van der Waals surface area contributed by atoms with Gasteiger partial charge >= 0.3 is 0 Å². The number of furan rings is 1. The van der Waals surface area contributed by atoms with Gasteiger partial charge in [-0.2, -0.15) is 0 Å². The molecule has 3 aromatic heterocycles. The number of pyridine rings is 1. The molecule has 3 aromatic carbocycles. The largest absolute Gasteiger partial charge is 0.512 e. The van der Waals surface area contributed by atoms with Crippen LogP contribution in [0.15, 0.2) is 88.5 Å². The molecule has 0 aliphatic rings. The Morgan fingerprint density at radius 2 is 1.57 bits per heavy atom. The summed E-state index contributed by atoms with van der Waals surface area (Å²) in [5, 5.41) is 17.0.